The smallest absolute Gasteiger partial charge is 0.309 e. The van der Waals surface area contributed by atoms with E-state index < -0.39 is 5.97 Å². The van der Waals surface area contributed by atoms with Crippen molar-refractivity contribution in [2.45, 2.75) is 13.3 Å². The number of para-hydroxylation sites is 1. The number of aromatic nitrogens is 2. The van der Waals surface area contributed by atoms with Crippen molar-refractivity contribution >= 4 is 28.5 Å². The first-order valence-electron chi connectivity index (χ1n) is 4.71. The van der Waals surface area contributed by atoms with E-state index >= 15 is 0 Å². The zero-order valence-electron chi connectivity index (χ0n) is 8.57. The summed E-state index contributed by atoms with van der Waals surface area (Å²) in [6.07, 6.45) is -0.151. The van der Waals surface area contributed by atoms with Crippen LogP contribution in [0.5, 0.6) is 0 Å². The lowest BCUT2D eigenvalue weighted by Crippen LogP contribution is -2.04. The topological polar surface area (TPSA) is 63.1 Å². The molecule has 5 heteroatoms. The largest absolute Gasteiger partial charge is 0.481 e. The quantitative estimate of drug-likeness (QED) is 0.812. The van der Waals surface area contributed by atoms with Gasteiger partial charge in [-0.05, 0) is 24.1 Å². The Morgan fingerprint density at radius 2 is 2.19 bits per heavy atom. The molecule has 1 N–H and O–H groups in total. The van der Waals surface area contributed by atoms with Gasteiger partial charge in [-0.25, -0.2) is 9.97 Å². The maximum Gasteiger partial charge on any atom is 0.309 e. The van der Waals surface area contributed by atoms with Crippen molar-refractivity contribution in [2.75, 3.05) is 0 Å². The number of benzene rings is 1. The van der Waals surface area contributed by atoms with Gasteiger partial charge in [-0.15, -0.1) is 0 Å². The van der Waals surface area contributed by atoms with Crippen LogP contribution in [0.25, 0.3) is 10.9 Å². The fourth-order valence-electron chi connectivity index (χ4n) is 1.61. The van der Waals surface area contributed by atoms with Crippen molar-refractivity contribution in [3.8, 4) is 0 Å². The first-order chi connectivity index (χ1) is 7.58. The first-order valence-corrected chi connectivity index (χ1v) is 5.09. The number of carboxylic acids is 1. The Bertz CT molecular complexity index is 569. The lowest BCUT2D eigenvalue weighted by atomic mass is 10.1. The van der Waals surface area contributed by atoms with Crippen molar-refractivity contribution in [3.05, 3.63) is 34.7 Å². The van der Waals surface area contributed by atoms with Crippen LogP contribution in [0, 0.1) is 6.92 Å². The standard InChI is InChI=1S/C11H9ClN2O2/c1-6-3-2-4-7-8(5-9(15)16)13-11(12)14-10(6)7/h2-4H,5H2,1H3,(H,15,16). The molecule has 0 saturated carbocycles. The predicted molar refractivity (Wildman–Crippen MR) is 60.6 cm³/mol. The molecule has 0 bridgehead atoms. The Balaban J connectivity index is 2.72. The monoisotopic (exact) mass is 236 g/mol. The number of rotatable bonds is 2. The van der Waals surface area contributed by atoms with Crippen LogP contribution in [0.15, 0.2) is 18.2 Å². The summed E-state index contributed by atoms with van der Waals surface area (Å²) < 4.78 is 0. The zero-order valence-corrected chi connectivity index (χ0v) is 9.32. The molecule has 0 spiro atoms. The molecule has 1 aromatic carbocycles. The second-order valence-corrected chi connectivity index (χ2v) is 3.82. The fraction of sp³-hybridized carbons (Fsp3) is 0.182. The maximum atomic E-state index is 10.7. The van der Waals surface area contributed by atoms with Gasteiger partial charge < -0.3 is 5.11 Å². The van der Waals surface area contributed by atoms with Crippen LogP contribution in [0.1, 0.15) is 11.3 Å². The van der Waals surface area contributed by atoms with E-state index in [1.807, 2.05) is 19.1 Å². The van der Waals surface area contributed by atoms with Gasteiger partial charge in [0.15, 0.2) is 0 Å². The summed E-state index contributed by atoms with van der Waals surface area (Å²) in [5.74, 6) is -0.933. The molecule has 0 radical (unpaired) electrons. The van der Waals surface area contributed by atoms with Gasteiger partial charge in [-0.3, -0.25) is 4.79 Å². The first kappa shape index (κ1) is 10.8. The summed E-state index contributed by atoms with van der Waals surface area (Å²) in [7, 11) is 0. The third-order valence-electron chi connectivity index (χ3n) is 2.30. The van der Waals surface area contributed by atoms with Gasteiger partial charge in [-0.2, -0.15) is 0 Å². The van der Waals surface area contributed by atoms with Crippen LogP contribution in [0.2, 0.25) is 5.28 Å². The van der Waals surface area contributed by atoms with Crippen LogP contribution in [0.3, 0.4) is 0 Å². The van der Waals surface area contributed by atoms with Crippen LogP contribution >= 0.6 is 11.6 Å². The maximum absolute atomic E-state index is 10.7. The normalized spacial score (nSPS) is 10.6. The highest BCUT2D eigenvalue weighted by Crippen LogP contribution is 2.21. The third kappa shape index (κ3) is 1.97. The van der Waals surface area contributed by atoms with E-state index in [9.17, 15) is 4.79 Å². The summed E-state index contributed by atoms with van der Waals surface area (Å²) in [6.45, 7) is 1.90. The van der Waals surface area contributed by atoms with Crippen molar-refractivity contribution in [1.29, 1.82) is 0 Å². The van der Waals surface area contributed by atoms with E-state index in [1.54, 1.807) is 6.07 Å². The van der Waals surface area contributed by atoms with Crippen molar-refractivity contribution < 1.29 is 9.90 Å². The van der Waals surface area contributed by atoms with E-state index in [0.717, 1.165) is 10.9 Å². The number of fused-ring (bicyclic) bond motifs is 1. The van der Waals surface area contributed by atoms with Gasteiger partial charge in [0.1, 0.15) is 0 Å². The number of aryl methyl sites for hydroxylation is 1. The van der Waals surface area contributed by atoms with E-state index in [0.29, 0.717) is 11.2 Å². The molecule has 2 aromatic rings. The minimum Gasteiger partial charge on any atom is -0.481 e. The van der Waals surface area contributed by atoms with E-state index in [2.05, 4.69) is 9.97 Å². The number of aliphatic carboxylic acids is 1. The van der Waals surface area contributed by atoms with Gasteiger partial charge in [0, 0.05) is 5.39 Å². The third-order valence-corrected chi connectivity index (χ3v) is 2.47. The van der Waals surface area contributed by atoms with Crippen LogP contribution < -0.4 is 0 Å². The minimum absolute atomic E-state index is 0.0815. The molecule has 0 fully saturated rings. The molecule has 0 aliphatic carbocycles. The molecule has 0 atom stereocenters. The molecular weight excluding hydrogens is 228 g/mol. The number of carboxylic acid groups (broad SMARTS) is 1. The lowest BCUT2D eigenvalue weighted by molar-refractivity contribution is -0.136. The molecule has 82 valence electrons. The molecule has 0 saturated heterocycles. The molecule has 0 aliphatic heterocycles. The minimum atomic E-state index is -0.933. The molecular formula is C11H9ClN2O2. The Kier molecular flexibility index (Phi) is 2.75. The molecule has 2 rings (SSSR count). The number of halogens is 1. The summed E-state index contributed by atoms with van der Waals surface area (Å²) >= 11 is 5.76. The van der Waals surface area contributed by atoms with Crippen molar-refractivity contribution in [2.24, 2.45) is 0 Å². The highest BCUT2D eigenvalue weighted by atomic mass is 35.5. The van der Waals surface area contributed by atoms with Crippen molar-refractivity contribution in [1.82, 2.24) is 9.97 Å². The van der Waals surface area contributed by atoms with E-state index in [1.165, 1.54) is 0 Å². The van der Waals surface area contributed by atoms with Crippen LogP contribution in [0.4, 0.5) is 0 Å². The molecule has 0 amide bonds. The fourth-order valence-corrected chi connectivity index (χ4v) is 1.79. The average Bonchev–Trinajstić information content (AvgIpc) is 2.18. The lowest BCUT2D eigenvalue weighted by Gasteiger charge is -2.05. The Morgan fingerprint density at radius 1 is 1.44 bits per heavy atom. The Morgan fingerprint density at radius 3 is 2.88 bits per heavy atom. The highest BCUT2D eigenvalue weighted by Gasteiger charge is 2.10. The number of carbonyl (C=O) groups is 1. The predicted octanol–water partition coefficient (Wildman–Crippen LogP) is 2.22. The van der Waals surface area contributed by atoms with Crippen LogP contribution in [-0.4, -0.2) is 21.0 Å². The van der Waals surface area contributed by atoms with Gasteiger partial charge in [0.2, 0.25) is 5.28 Å². The number of hydrogen-bond acceptors (Lipinski definition) is 3. The number of hydrogen-bond donors (Lipinski definition) is 1. The second kappa shape index (κ2) is 4.06. The Labute approximate surface area is 96.9 Å². The SMILES string of the molecule is Cc1cccc2c(CC(=O)O)nc(Cl)nc12. The summed E-state index contributed by atoms with van der Waals surface area (Å²) in [5.41, 5.74) is 2.11. The molecule has 1 heterocycles. The van der Waals surface area contributed by atoms with Gasteiger partial charge in [0.25, 0.3) is 0 Å². The van der Waals surface area contributed by atoms with Gasteiger partial charge in [-0.1, -0.05) is 18.2 Å². The summed E-state index contributed by atoms with van der Waals surface area (Å²) in [5, 5.41) is 9.61. The molecule has 0 unspecified atom stereocenters. The molecule has 16 heavy (non-hydrogen) atoms. The average molecular weight is 237 g/mol. The van der Waals surface area contributed by atoms with Crippen LogP contribution in [-0.2, 0) is 11.2 Å². The zero-order chi connectivity index (χ0) is 11.7. The van der Waals surface area contributed by atoms with Gasteiger partial charge >= 0.3 is 5.97 Å². The summed E-state index contributed by atoms with van der Waals surface area (Å²) in [4.78, 5) is 18.8. The molecule has 4 nitrogen and oxygen atoms in total. The van der Waals surface area contributed by atoms with Crippen molar-refractivity contribution in [3.63, 3.8) is 0 Å². The molecule has 1 aromatic heterocycles. The second-order valence-electron chi connectivity index (χ2n) is 3.48. The number of nitrogens with zero attached hydrogens (tertiary/aromatic N) is 2. The van der Waals surface area contributed by atoms with Gasteiger partial charge in [0.05, 0.1) is 17.6 Å². The molecule has 0 aliphatic rings. The van der Waals surface area contributed by atoms with E-state index in [-0.39, 0.29) is 11.7 Å². The summed E-state index contributed by atoms with van der Waals surface area (Å²) in [6, 6.07) is 5.55. The highest BCUT2D eigenvalue weighted by molar-refractivity contribution is 6.28. The van der Waals surface area contributed by atoms with E-state index in [4.69, 9.17) is 16.7 Å². The Hall–Kier alpha value is -1.68.